The van der Waals surface area contributed by atoms with Gasteiger partial charge >= 0.3 is 0 Å². The van der Waals surface area contributed by atoms with E-state index in [2.05, 4.69) is 33.2 Å². The van der Waals surface area contributed by atoms with Gasteiger partial charge in [0, 0.05) is 33.5 Å². The van der Waals surface area contributed by atoms with Gasteiger partial charge in [-0.15, -0.1) is 0 Å². The Balaban J connectivity index is 1.99. The van der Waals surface area contributed by atoms with Crippen molar-refractivity contribution in [3.63, 3.8) is 0 Å². The van der Waals surface area contributed by atoms with Crippen LogP contribution in [0, 0.1) is 5.82 Å². The van der Waals surface area contributed by atoms with Gasteiger partial charge in [0.05, 0.1) is 0 Å². The van der Waals surface area contributed by atoms with Crippen LogP contribution in [0.1, 0.15) is 37.1 Å². The average Bonchev–Trinajstić information content (AvgIpc) is 2.47. The highest BCUT2D eigenvalue weighted by Gasteiger charge is 2.22. The Hall–Kier alpha value is -1.33. The Labute approximate surface area is 132 Å². The van der Waals surface area contributed by atoms with Gasteiger partial charge in [-0.05, 0) is 59.9 Å². The van der Waals surface area contributed by atoms with Crippen molar-refractivity contribution in [1.82, 2.24) is 15.3 Å². The molecular formula is C16H17BrFN3. The van der Waals surface area contributed by atoms with Crippen LogP contribution >= 0.6 is 15.9 Å². The smallest absolute Gasteiger partial charge is 0.160 e. The average molecular weight is 350 g/mol. The van der Waals surface area contributed by atoms with E-state index in [1.165, 1.54) is 17.7 Å². The minimum Gasteiger partial charge on any atom is -0.310 e. The van der Waals surface area contributed by atoms with Gasteiger partial charge in [0.2, 0.25) is 0 Å². The van der Waals surface area contributed by atoms with Crippen molar-refractivity contribution >= 4 is 15.9 Å². The molecule has 0 saturated carbocycles. The lowest BCUT2D eigenvalue weighted by atomic mass is 9.92. The number of benzene rings is 1. The largest absolute Gasteiger partial charge is 0.310 e. The number of aryl methyl sites for hydroxylation is 1. The molecule has 3 rings (SSSR count). The molecule has 2 aromatic rings. The molecule has 1 aliphatic carbocycles. The minimum atomic E-state index is -0.268. The van der Waals surface area contributed by atoms with E-state index in [0.29, 0.717) is 16.3 Å². The monoisotopic (exact) mass is 349 g/mol. The number of hydrogen-bond donors (Lipinski definition) is 1. The lowest BCUT2D eigenvalue weighted by Crippen LogP contribution is -2.25. The summed E-state index contributed by atoms with van der Waals surface area (Å²) in [4.78, 5) is 9.18. The molecule has 1 unspecified atom stereocenters. The maximum atomic E-state index is 13.2. The second-order valence-electron chi connectivity index (χ2n) is 5.22. The van der Waals surface area contributed by atoms with Crippen molar-refractivity contribution in [1.29, 1.82) is 0 Å². The first-order chi connectivity index (χ1) is 10.2. The molecular weight excluding hydrogens is 333 g/mol. The molecule has 0 saturated heterocycles. The lowest BCUT2D eigenvalue weighted by Gasteiger charge is -2.25. The fourth-order valence-electron chi connectivity index (χ4n) is 2.81. The molecule has 0 spiro atoms. The zero-order valence-corrected chi connectivity index (χ0v) is 13.5. The van der Waals surface area contributed by atoms with E-state index in [1.54, 1.807) is 6.07 Å². The topological polar surface area (TPSA) is 37.8 Å². The van der Waals surface area contributed by atoms with E-state index in [-0.39, 0.29) is 5.82 Å². The summed E-state index contributed by atoms with van der Waals surface area (Å²) in [6.07, 6.45) is 5.15. The van der Waals surface area contributed by atoms with E-state index in [1.807, 2.05) is 6.20 Å². The highest BCUT2D eigenvalue weighted by atomic mass is 79.9. The summed E-state index contributed by atoms with van der Waals surface area (Å²) in [5.41, 5.74) is 3.13. The van der Waals surface area contributed by atoms with Crippen molar-refractivity contribution in [2.45, 2.75) is 32.2 Å². The van der Waals surface area contributed by atoms with Crippen LogP contribution in [-0.4, -0.2) is 16.5 Å². The van der Waals surface area contributed by atoms with Gasteiger partial charge in [-0.2, -0.15) is 0 Å². The molecule has 5 heteroatoms. The third-order valence-electron chi connectivity index (χ3n) is 3.80. The molecule has 1 aliphatic rings. The summed E-state index contributed by atoms with van der Waals surface area (Å²) in [7, 11) is 0. The molecule has 110 valence electrons. The van der Waals surface area contributed by atoms with Gasteiger partial charge in [-0.3, -0.25) is 0 Å². The quantitative estimate of drug-likeness (QED) is 0.908. The third kappa shape index (κ3) is 2.99. The zero-order valence-electron chi connectivity index (χ0n) is 11.9. The van der Waals surface area contributed by atoms with Crippen LogP contribution in [0.5, 0.6) is 0 Å². The van der Waals surface area contributed by atoms with Crippen LogP contribution in [0.2, 0.25) is 0 Å². The minimum absolute atomic E-state index is 0.268. The van der Waals surface area contributed by atoms with Crippen molar-refractivity contribution in [2.75, 3.05) is 6.54 Å². The molecule has 1 heterocycles. The van der Waals surface area contributed by atoms with Gasteiger partial charge in [0.25, 0.3) is 0 Å². The van der Waals surface area contributed by atoms with Crippen molar-refractivity contribution in [3.05, 3.63) is 45.9 Å². The summed E-state index contributed by atoms with van der Waals surface area (Å²) < 4.78 is 13.9. The summed E-state index contributed by atoms with van der Waals surface area (Å²) >= 11 is 3.38. The fourth-order valence-corrected chi connectivity index (χ4v) is 3.33. The van der Waals surface area contributed by atoms with Crippen molar-refractivity contribution in [3.8, 4) is 11.4 Å². The number of nitrogens with zero attached hydrogens (tertiary/aromatic N) is 2. The first kappa shape index (κ1) is 14.6. The molecule has 3 nitrogen and oxygen atoms in total. The van der Waals surface area contributed by atoms with E-state index < -0.39 is 0 Å². The Bertz CT molecular complexity index is 660. The number of aromatic nitrogens is 2. The highest BCUT2D eigenvalue weighted by Crippen LogP contribution is 2.31. The lowest BCUT2D eigenvalue weighted by molar-refractivity contribution is 0.464. The molecule has 0 amide bonds. The first-order valence-corrected chi connectivity index (χ1v) is 8.03. The highest BCUT2D eigenvalue weighted by molar-refractivity contribution is 9.10. The summed E-state index contributed by atoms with van der Waals surface area (Å²) in [6, 6.07) is 4.94. The molecule has 1 N–H and O–H groups in total. The molecule has 1 atom stereocenters. The number of nitrogens with one attached hydrogen (secondary N) is 1. The van der Waals surface area contributed by atoms with E-state index in [4.69, 9.17) is 4.98 Å². The number of rotatable bonds is 3. The molecule has 1 aromatic heterocycles. The molecule has 0 aliphatic heterocycles. The SMILES string of the molecule is CCNC1CCCc2nc(-c3ccc(F)cc3Br)ncc21. The van der Waals surface area contributed by atoms with Crippen LogP contribution in [-0.2, 0) is 6.42 Å². The van der Waals surface area contributed by atoms with Crippen LogP contribution in [0.3, 0.4) is 0 Å². The molecule has 1 aromatic carbocycles. The molecule has 0 bridgehead atoms. The predicted octanol–water partition coefficient (Wildman–Crippen LogP) is 4.03. The van der Waals surface area contributed by atoms with Crippen LogP contribution in [0.15, 0.2) is 28.9 Å². The van der Waals surface area contributed by atoms with E-state index in [9.17, 15) is 4.39 Å². The fraction of sp³-hybridized carbons (Fsp3) is 0.375. The third-order valence-corrected chi connectivity index (χ3v) is 4.46. The van der Waals surface area contributed by atoms with Gasteiger partial charge in [0.15, 0.2) is 5.82 Å². The Morgan fingerprint density at radius 1 is 1.43 bits per heavy atom. The van der Waals surface area contributed by atoms with E-state index in [0.717, 1.165) is 37.1 Å². The Kier molecular flexibility index (Phi) is 4.31. The van der Waals surface area contributed by atoms with Crippen molar-refractivity contribution < 1.29 is 4.39 Å². The van der Waals surface area contributed by atoms with Crippen LogP contribution < -0.4 is 5.32 Å². The second kappa shape index (κ2) is 6.20. The maximum Gasteiger partial charge on any atom is 0.160 e. The van der Waals surface area contributed by atoms with Gasteiger partial charge in [-0.25, -0.2) is 14.4 Å². The maximum absolute atomic E-state index is 13.2. The van der Waals surface area contributed by atoms with Gasteiger partial charge < -0.3 is 5.32 Å². The normalized spacial score (nSPS) is 17.6. The van der Waals surface area contributed by atoms with Crippen LogP contribution in [0.4, 0.5) is 4.39 Å². The zero-order chi connectivity index (χ0) is 14.8. The number of hydrogen-bond acceptors (Lipinski definition) is 3. The van der Waals surface area contributed by atoms with Crippen LogP contribution in [0.25, 0.3) is 11.4 Å². The van der Waals surface area contributed by atoms with E-state index >= 15 is 0 Å². The molecule has 0 fully saturated rings. The van der Waals surface area contributed by atoms with Gasteiger partial charge in [0.1, 0.15) is 5.82 Å². The Morgan fingerprint density at radius 3 is 3.05 bits per heavy atom. The first-order valence-electron chi connectivity index (χ1n) is 7.23. The number of halogens is 2. The predicted molar refractivity (Wildman–Crippen MR) is 84.5 cm³/mol. The molecule has 21 heavy (non-hydrogen) atoms. The molecule has 0 radical (unpaired) electrons. The standard InChI is InChI=1S/C16H17BrFN3/c1-2-19-14-4-3-5-15-12(14)9-20-16(21-15)11-7-6-10(18)8-13(11)17/h6-9,14,19H,2-5H2,1H3. The van der Waals surface area contributed by atoms with Crippen molar-refractivity contribution in [2.24, 2.45) is 0 Å². The Morgan fingerprint density at radius 2 is 2.29 bits per heavy atom. The summed E-state index contributed by atoms with van der Waals surface area (Å²) in [5, 5.41) is 3.48. The summed E-state index contributed by atoms with van der Waals surface area (Å²) in [6.45, 7) is 3.05. The second-order valence-corrected chi connectivity index (χ2v) is 6.08. The summed E-state index contributed by atoms with van der Waals surface area (Å²) in [5.74, 6) is 0.383. The van der Waals surface area contributed by atoms with Gasteiger partial charge in [-0.1, -0.05) is 6.92 Å². The number of fused-ring (bicyclic) bond motifs is 1.